The molecule has 0 saturated carbocycles. The van der Waals surface area contributed by atoms with Gasteiger partial charge in [-0.1, -0.05) is 82.7 Å². The molecule has 0 aromatic heterocycles. The summed E-state index contributed by atoms with van der Waals surface area (Å²) in [6.45, 7) is 4.32. The average Bonchev–Trinajstić information content (AvgIpc) is 3.03. The van der Waals surface area contributed by atoms with Gasteiger partial charge in [-0.3, -0.25) is 4.55 Å². The Morgan fingerprint density at radius 3 is 1.59 bits per heavy atom. The number of ether oxygens (including phenoxy) is 2. The van der Waals surface area contributed by atoms with Crippen LogP contribution in [0.25, 0.3) is 0 Å². The average molecular weight is 739 g/mol. The van der Waals surface area contributed by atoms with Crippen LogP contribution < -0.4 is 14.6 Å². The molecule has 49 heavy (non-hydrogen) atoms. The fourth-order valence-electron chi connectivity index (χ4n) is 4.85. The number of phenols is 1. The maximum atomic E-state index is 11.4. The number of hydrogen-bond donors (Lipinski definition) is 2. The molecule has 10 nitrogen and oxygen atoms in total. The minimum absolute atomic E-state index is 0. The van der Waals surface area contributed by atoms with Crippen molar-refractivity contribution in [2.45, 2.75) is 87.8 Å². The molecule has 4 aromatic carbocycles. The van der Waals surface area contributed by atoms with Crippen LogP contribution >= 0.6 is 0 Å². The first-order chi connectivity index (χ1) is 22.8. The van der Waals surface area contributed by atoms with Crippen LogP contribution in [0.4, 0.5) is 0 Å². The number of aromatic hydroxyl groups is 1. The summed E-state index contributed by atoms with van der Waals surface area (Å²) in [4.78, 5) is -1.10. The molecular formula is C36H42CaO10S2. The number of hydrogen-bond acceptors (Lipinski definition) is 9. The topological polar surface area (TPSA) is 173 Å². The summed E-state index contributed by atoms with van der Waals surface area (Å²) in [5.74, 6) is -0.0580. The van der Waals surface area contributed by atoms with Crippen LogP contribution in [0.15, 0.2) is 94.7 Å². The Hall–Kier alpha value is -2.84. The summed E-state index contributed by atoms with van der Waals surface area (Å²) >= 11 is 0. The van der Waals surface area contributed by atoms with E-state index in [0.29, 0.717) is 11.5 Å². The Morgan fingerprint density at radius 2 is 1.12 bits per heavy atom. The summed E-state index contributed by atoms with van der Waals surface area (Å²) in [5, 5.41) is 20.7. The fourth-order valence-corrected chi connectivity index (χ4v) is 6.10. The van der Waals surface area contributed by atoms with Crippen molar-refractivity contribution >= 4 is 58.0 Å². The molecule has 0 atom stereocenters. The Balaban J connectivity index is 0.000000333. The Labute approximate surface area is 319 Å². The van der Waals surface area contributed by atoms with Crippen LogP contribution in [0.5, 0.6) is 34.5 Å². The van der Waals surface area contributed by atoms with Crippen LogP contribution in [0.1, 0.15) is 76.3 Å². The molecule has 0 aliphatic carbocycles. The second kappa shape index (κ2) is 20.7. The summed E-state index contributed by atoms with van der Waals surface area (Å²) in [6.07, 6.45) is 11.1. The molecule has 0 heterocycles. The third kappa shape index (κ3) is 14.9. The number of unbranched alkanes of at least 4 members (excludes halogenated alkanes) is 6. The molecule has 4 aromatic rings. The third-order valence-corrected chi connectivity index (χ3v) is 9.01. The van der Waals surface area contributed by atoms with Gasteiger partial charge in [-0.2, -0.15) is 8.42 Å². The molecule has 2 N–H and O–H groups in total. The molecule has 260 valence electrons. The van der Waals surface area contributed by atoms with Gasteiger partial charge in [0.15, 0.2) is 0 Å². The monoisotopic (exact) mass is 738 g/mol. The second-order valence-electron chi connectivity index (χ2n) is 11.3. The van der Waals surface area contributed by atoms with E-state index in [4.69, 9.17) is 9.47 Å². The second-order valence-corrected chi connectivity index (χ2v) is 14.0. The van der Waals surface area contributed by atoms with E-state index in [2.05, 4.69) is 13.8 Å². The Kier molecular flexibility index (Phi) is 17.9. The molecule has 13 heteroatoms. The molecule has 0 unspecified atom stereocenters. The van der Waals surface area contributed by atoms with Crippen molar-refractivity contribution in [3.05, 3.63) is 96.1 Å². The van der Waals surface area contributed by atoms with E-state index in [1.54, 1.807) is 12.1 Å². The zero-order valence-corrected chi connectivity index (χ0v) is 31.7. The van der Waals surface area contributed by atoms with Crippen molar-refractivity contribution in [3.8, 4) is 34.5 Å². The van der Waals surface area contributed by atoms with Gasteiger partial charge in [0.25, 0.3) is 10.1 Å². The van der Waals surface area contributed by atoms with Crippen molar-refractivity contribution < 1.29 is 45.6 Å². The van der Waals surface area contributed by atoms with E-state index in [-0.39, 0.29) is 55.0 Å². The van der Waals surface area contributed by atoms with Crippen molar-refractivity contribution in [3.63, 3.8) is 0 Å². The Bertz CT molecular complexity index is 1710. The standard InChI is InChI=1S/2C18H22O5S.Ca/c2*1-2-3-4-5-7-14-8-6-9-16(12-14)23-17-11-10-15(19)13-18(17)24(20,21)22;/h2*6,8-13,19H,2-5,7H2,1H3,(H,20,21,22);/q;;+2/p-2. The zero-order chi connectivity index (χ0) is 35.2. The fraction of sp³-hybridized carbons (Fsp3) is 0.333. The summed E-state index contributed by atoms with van der Waals surface area (Å²) in [5.41, 5.74) is 2.19. The number of benzene rings is 4. The van der Waals surface area contributed by atoms with Gasteiger partial charge in [-0.15, -0.1) is 5.75 Å². The van der Waals surface area contributed by atoms with Gasteiger partial charge in [0, 0.05) is 6.07 Å². The van der Waals surface area contributed by atoms with Gasteiger partial charge in [-0.25, -0.2) is 8.42 Å². The van der Waals surface area contributed by atoms with Crippen LogP contribution in [-0.2, 0) is 33.1 Å². The third-order valence-electron chi connectivity index (χ3n) is 7.28. The molecule has 0 saturated heterocycles. The summed E-state index contributed by atoms with van der Waals surface area (Å²) in [6, 6.07) is 21.4. The molecule has 4 rings (SSSR count). The molecular weight excluding hydrogens is 697 g/mol. The first kappa shape index (κ1) is 42.3. The van der Waals surface area contributed by atoms with Crippen LogP contribution in [0, 0.1) is 0 Å². The van der Waals surface area contributed by atoms with Crippen molar-refractivity contribution in [2.24, 2.45) is 0 Å². The van der Waals surface area contributed by atoms with Crippen molar-refractivity contribution in [2.75, 3.05) is 0 Å². The van der Waals surface area contributed by atoms with Gasteiger partial charge < -0.3 is 24.2 Å². The van der Waals surface area contributed by atoms with E-state index in [1.807, 2.05) is 36.4 Å². The molecule has 0 spiro atoms. The molecule has 0 radical (unpaired) electrons. The smallest absolute Gasteiger partial charge is 0.872 e. The van der Waals surface area contributed by atoms with E-state index in [0.717, 1.165) is 55.4 Å². The summed E-state index contributed by atoms with van der Waals surface area (Å²) < 4.78 is 77.2. The first-order valence-corrected chi connectivity index (χ1v) is 18.8. The minimum atomic E-state index is -4.78. The van der Waals surface area contributed by atoms with Crippen LogP contribution in [0.2, 0.25) is 0 Å². The van der Waals surface area contributed by atoms with Gasteiger partial charge in [0.2, 0.25) is 0 Å². The van der Waals surface area contributed by atoms with E-state index in [9.17, 15) is 36.2 Å². The van der Waals surface area contributed by atoms with E-state index >= 15 is 0 Å². The summed E-state index contributed by atoms with van der Waals surface area (Å²) in [7, 11) is -9.27. The van der Waals surface area contributed by atoms with Gasteiger partial charge in [-0.05, 0) is 85.3 Å². The maximum absolute atomic E-state index is 11.4. The largest absolute Gasteiger partial charge is 2.00 e. The van der Waals surface area contributed by atoms with Crippen LogP contribution in [-0.4, -0.2) is 68.8 Å². The number of phenolic OH excluding ortho intramolecular Hbond substituents is 1. The van der Waals surface area contributed by atoms with Crippen molar-refractivity contribution in [1.82, 2.24) is 0 Å². The van der Waals surface area contributed by atoms with E-state index in [1.165, 1.54) is 56.4 Å². The molecule has 0 fully saturated rings. The molecule has 0 aliphatic heterocycles. The predicted octanol–water partition coefficient (Wildman–Crippen LogP) is 7.75. The quantitative estimate of drug-likeness (QED) is 0.0657. The van der Waals surface area contributed by atoms with Gasteiger partial charge in [0.05, 0.1) is 4.90 Å². The zero-order valence-electron chi connectivity index (χ0n) is 27.8. The normalized spacial score (nSPS) is 11.2. The SMILES string of the molecule is CCCCCCc1cccc(Oc2ccc(O)cc2S(=O)(=O)O)c1.CCCCCCc1cccc(Oc2ccc([O-])cc2S(=O)(=O)[O-])c1.[Ca+2]. The maximum Gasteiger partial charge on any atom is 2.00 e. The van der Waals surface area contributed by atoms with Crippen molar-refractivity contribution in [1.29, 1.82) is 0 Å². The predicted molar refractivity (Wildman–Crippen MR) is 186 cm³/mol. The first-order valence-electron chi connectivity index (χ1n) is 15.9. The minimum Gasteiger partial charge on any atom is -0.872 e. The van der Waals surface area contributed by atoms with E-state index < -0.39 is 35.8 Å². The number of rotatable bonds is 16. The molecule has 0 amide bonds. The number of aryl methyl sites for hydroxylation is 2. The Morgan fingerprint density at radius 1 is 0.633 bits per heavy atom. The molecule has 0 bridgehead atoms. The van der Waals surface area contributed by atoms with Crippen LogP contribution in [0.3, 0.4) is 0 Å². The molecule has 0 aliphatic rings. The van der Waals surface area contributed by atoms with Gasteiger partial charge >= 0.3 is 37.7 Å². The van der Waals surface area contributed by atoms with Gasteiger partial charge in [0.1, 0.15) is 43.8 Å².